The molecule has 2 aromatic heterocycles. The maximum Gasteiger partial charge on any atom is 0.357 e. The number of esters is 1. The molecule has 2 saturated heterocycles. The lowest BCUT2D eigenvalue weighted by atomic mass is 9.97. The Balaban J connectivity index is 1.50. The minimum Gasteiger partial charge on any atom is -0.461 e. The first-order valence-corrected chi connectivity index (χ1v) is 14.5. The lowest BCUT2D eigenvalue weighted by Crippen LogP contribution is -2.36. The Morgan fingerprint density at radius 1 is 0.878 bits per heavy atom. The van der Waals surface area contributed by atoms with E-state index in [9.17, 15) is 4.79 Å². The summed E-state index contributed by atoms with van der Waals surface area (Å²) in [6.07, 6.45) is 0. The molecule has 4 aromatic rings. The number of carbonyl (C=O) groups excluding carboxylic acids is 1. The third-order valence-corrected chi connectivity index (χ3v) is 7.70. The van der Waals surface area contributed by atoms with Gasteiger partial charge in [0.1, 0.15) is 0 Å². The quantitative estimate of drug-likeness (QED) is 0.293. The normalized spacial score (nSPS) is 16.0. The van der Waals surface area contributed by atoms with Crippen LogP contribution in [0.4, 0.5) is 11.4 Å². The highest BCUT2D eigenvalue weighted by Crippen LogP contribution is 2.37. The molecule has 0 spiro atoms. The molecule has 0 amide bonds. The van der Waals surface area contributed by atoms with E-state index in [2.05, 4.69) is 60.0 Å². The second kappa shape index (κ2) is 11.9. The molecule has 6 rings (SSSR count). The van der Waals surface area contributed by atoms with Crippen molar-refractivity contribution in [3.63, 3.8) is 0 Å². The standard InChI is InChI=1S/C32H37N5O4/c1-4-41-32(38)28-21-27(23-8-10-24(11-9-23)35-12-16-39-17-13-35)29-30(22(2)3)34-37(31(29)33-28)26-7-5-6-25(20-26)36-14-18-40-19-15-36/h5-11,20-22H,4,12-19H2,1-3H3. The molecule has 4 heterocycles. The van der Waals surface area contributed by atoms with Gasteiger partial charge < -0.3 is 24.0 Å². The average Bonchev–Trinajstić information content (AvgIpc) is 3.42. The third-order valence-electron chi connectivity index (χ3n) is 7.70. The van der Waals surface area contributed by atoms with E-state index in [-0.39, 0.29) is 18.2 Å². The summed E-state index contributed by atoms with van der Waals surface area (Å²) in [7, 11) is 0. The second-order valence-corrected chi connectivity index (χ2v) is 10.7. The van der Waals surface area contributed by atoms with Gasteiger partial charge in [0.05, 0.1) is 49.8 Å². The summed E-state index contributed by atoms with van der Waals surface area (Å²) in [4.78, 5) is 22.5. The van der Waals surface area contributed by atoms with Crippen LogP contribution in [0, 0.1) is 0 Å². The Morgan fingerprint density at radius 3 is 2.15 bits per heavy atom. The molecular weight excluding hydrogens is 518 g/mol. The van der Waals surface area contributed by atoms with Gasteiger partial charge in [-0.1, -0.05) is 32.0 Å². The summed E-state index contributed by atoms with van der Waals surface area (Å²) in [5, 5.41) is 6.05. The molecule has 214 valence electrons. The summed E-state index contributed by atoms with van der Waals surface area (Å²) in [5.41, 5.74) is 6.95. The minimum atomic E-state index is -0.443. The molecule has 0 saturated carbocycles. The zero-order valence-electron chi connectivity index (χ0n) is 24.0. The van der Waals surface area contributed by atoms with Crippen molar-refractivity contribution in [2.75, 3.05) is 69.0 Å². The lowest BCUT2D eigenvalue weighted by molar-refractivity contribution is 0.0520. The Labute approximate surface area is 240 Å². The molecule has 0 aliphatic carbocycles. The van der Waals surface area contributed by atoms with Crippen LogP contribution in [0.15, 0.2) is 54.6 Å². The molecule has 2 fully saturated rings. The zero-order chi connectivity index (χ0) is 28.3. The van der Waals surface area contributed by atoms with Crippen molar-refractivity contribution in [2.45, 2.75) is 26.7 Å². The van der Waals surface area contributed by atoms with E-state index in [4.69, 9.17) is 24.3 Å². The summed E-state index contributed by atoms with van der Waals surface area (Å²) in [5.74, 6) is -0.302. The molecule has 2 aromatic carbocycles. The van der Waals surface area contributed by atoms with E-state index >= 15 is 0 Å². The summed E-state index contributed by atoms with van der Waals surface area (Å²) in [6, 6.07) is 18.7. The third kappa shape index (κ3) is 5.52. The van der Waals surface area contributed by atoms with Crippen molar-refractivity contribution in [1.82, 2.24) is 14.8 Å². The van der Waals surface area contributed by atoms with Crippen molar-refractivity contribution in [1.29, 1.82) is 0 Å². The molecular formula is C32H37N5O4. The zero-order valence-corrected chi connectivity index (χ0v) is 24.0. The number of morpholine rings is 2. The molecule has 0 N–H and O–H groups in total. The van der Waals surface area contributed by atoms with Crippen molar-refractivity contribution >= 4 is 28.4 Å². The predicted octanol–water partition coefficient (Wildman–Crippen LogP) is 5.06. The van der Waals surface area contributed by atoms with Crippen molar-refractivity contribution in [3.05, 3.63) is 66.0 Å². The van der Waals surface area contributed by atoms with Crippen LogP contribution in [-0.4, -0.2) is 79.9 Å². The Kier molecular flexibility index (Phi) is 7.89. The molecule has 2 aliphatic heterocycles. The maximum absolute atomic E-state index is 13.0. The van der Waals surface area contributed by atoms with E-state index in [1.807, 2.05) is 22.9 Å². The lowest BCUT2D eigenvalue weighted by Gasteiger charge is -2.29. The van der Waals surface area contributed by atoms with Gasteiger partial charge in [-0.2, -0.15) is 5.10 Å². The fourth-order valence-electron chi connectivity index (χ4n) is 5.58. The fraction of sp³-hybridized carbons (Fsp3) is 0.406. The molecule has 0 unspecified atom stereocenters. The Bertz CT molecular complexity index is 1520. The number of fused-ring (bicyclic) bond motifs is 1. The van der Waals surface area contributed by atoms with E-state index in [0.717, 1.165) is 78.7 Å². The number of rotatable bonds is 7. The highest BCUT2D eigenvalue weighted by atomic mass is 16.5. The van der Waals surface area contributed by atoms with Crippen LogP contribution in [0.3, 0.4) is 0 Å². The Hall–Kier alpha value is -3.95. The summed E-state index contributed by atoms with van der Waals surface area (Å²) < 4.78 is 18.4. The number of hydrogen-bond donors (Lipinski definition) is 0. The summed E-state index contributed by atoms with van der Waals surface area (Å²) in [6.45, 7) is 12.7. The van der Waals surface area contributed by atoms with E-state index in [1.54, 1.807) is 6.92 Å². The van der Waals surface area contributed by atoms with Crippen molar-refractivity contribution < 1.29 is 19.0 Å². The van der Waals surface area contributed by atoms with Gasteiger partial charge in [-0.05, 0) is 60.4 Å². The van der Waals surface area contributed by atoms with E-state index < -0.39 is 5.97 Å². The van der Waals surface area contributed by atoms with Crippen LogP contribution in [0.5, 0.6) is 0 Å². The van der Waals surface area contributed by atoms with Crippen LogP contribution in [-0.2, 0) is 14.2 Å². The van der Waals surface area contributed by atoms with Gasteiger partial charge in [-0.3, -0.25) is 0 Å². The first-order chi connectivity index (χ1) is 20.0. The first-order valence-electron chi connectivity index (χ1n) is 14.5. The van der Waals surface area contributed by atoms with Gasteiger partial charge in [0, 0.05) is 37.6 Å². The van der Waals surface area contributed by atoms with Crippen molar-refractivity contribution in [3.8, 4) is 16.8 Å². The SMILES string of the molecule is CCOC(=O)c1cc(-c2ccc(N3CCOCC3)cc2)c2c(C(C)C)nn(-c3cccc(N4CCOCC4)c3)c2n1. The highest BCUT2D eigenvalue weighted by molar-refractivity contribution is 6.00. The molecule has 41 heavy (non-hydrogen) atoms. The van der Waals surface area contributed by atoms with Crippen LogP contribution >= 0.6 is 0 Å². The molecule has 2 aliphatic rings. The van der Waals surface area contributed by atoms with Crippen LogP contribution in [0.25, 0.3) is 27.8 Å². The van der Waals surface area contributed by atoms with E-state index in [0.29, 0.717) is 18.9 Å². The van der Waals surface area contributed by atoms with Gasteiger partial charge in [0.15, 0.2) is 11.3 Å². The van der Waals surface area contributed by atoms with Gasteiger partial charge in [-0.25, -0.2) is 14.5 Å². The summed E-state index contributed by atoms with van der Waals surface area (Å²) >= 11 is 0. The maximum atomic E-state index is 13.0. The highest BCUT2D eigenvalue weighted by Gasteiger charge is 2.24. The van der Waals surface area contributed by atoms with Crippen LogP contribution in [0.2, 0.25) is 0 Å². The molecule has 0 atom stereocenters. The largest absolute Gasteiger partial charge is 0.461 e. The monoisotopic (exact) mass is 555 g/mol. The predicted molar refractivity (Wildman–Crippen MR) is 160 cm³/mol. The van der Waals surface area contributed by atoms with Gasteiger partial charge in [-0.15, -0.1) is 0 Å². The van der Waals surface area contributed by atoms with Gasteiger partial charge in [0.25, 0.3) is 0 Å². The number of anilines is 2. The van der Waals surface area contributed by atoms with Gasteiger partial charge >= 0.3 is 5.97 Å². The van der Waals surface area contributed by atoms with Crippen LogP contribution in [0.1, 0.15) is 42.9 Å². The number of pyridine rings is 1. The topological polar surface area (TPSA) is 82.0 Å². The Morgan fingerprint density at radius 2 is 1.51 bits per heavy atom. The number of nitrogens with zero attached hydrogens (tertiary/aromatic N) is 5. The molecule has 0 bridgehead atoms. The number of carbonyl (C=O) groups is 1. The second-order valence-electron chi connectivity index (χ2n) is 10.7. The molecule has 0 radical (unpaired) electrons. The van der Waals surface area contributed by atoms with Gasteiger partial charge in [0.2, 0.25) is 0 Å². The molecule has 9 nitrogen and oxygen atoms in total. The average molecular weight is 556 g/mol. The number of ether oxygens (including phenoxy) is 3. The van der Waals surface area contributed by atoms with E-state index in [1.165, 1.54) is 0 Å². The smallest absolute Gasteiger partial charge is 0.357 e. The number of aromatic nitrogens is 3. The molecule has 9 heteroatoms. The number of hydrogen-bond acceptors (Lipinski definition) is 8. The van der Waals surface area contributed by atoms with Crippen LogP contribution < -0.4 is 9.80 Å². The fourth-order valence-corrected chi connectivity index (χ4v) is 5.58. The minimum absolute atomic E-state index is 0.141. The van der Waals surface area contributed by atoms with Crippen molar-refractivity contribution in [2.24, 2.45) is 0 Å². The number of benzene rings is 2. The first kappa shape index (κ1) is 27.2.